The van der Waals surface area contributed by atoms with Crippen molar-refractivity contribution in [3.05, 3.63) is 94.0 Å². The average molecular weight is 410 g/mol. The molecule has 0 radical (unpaired) electrons. The molecule has 0 bridgehead atoms. The van der Waals surface area contributed by atoms with Crippen molar-refractivity contribution in [3.8, 4) is 0 Å². The van der Waals surface area contributed by atoms with Crippen LogP contribution in [0, 0.1) is 5.82 Å². The number of hydrogen-bond acceptors (Lipinski definition) is 4. The Hall–Kier alpha value is -3.58. The van der Waals surface area contributed by atoms with Gasteiger partial charge >= 0.3 is 0 Å². The largest absolute Gasteiger partial charge is 0.320 e. The second kappa shape index (κ2) is 7.44. The van der Waals surface area contributed by atoms with Gasteiger partial charge in [0, 0.05) is 16.9 Å². The molecule has 1 aliphatic rings. The molecule has 6 nitrogen and oxygen atoms in total. The van der Waals surface area contributed by atoms with Gasteiger partial charge in [-0.3, -0.25) is 24.3 Å². The molecule has 144 valence electrons. The number of aromatic nitrogens is 1. The molecule has 3 aromatic rings. The Labute approximate surface area is 169 Å². The minimum absolute atomic E-state index is 0.0103. The van der Waals surface area contributed by atoms with Gasteiger partial charge in [0.05, 0.1) is 17.7 Å². The van der Waals surface area contributed by atoms with E-state index in [0.717, 1.165) is 11.0 Å². The molecule has 4 rings (SSSR count). The van der Waals surface area contributed by atoms with E-state index in [0.29, 0.717) is 16.3 Å². The van der Waals surface area contributed by atoms with E-state index < -0.39 is 23.5 Å². The lowest BCUT2D eigenvalue weighted by Crippen LogP contribution is -2.30. The third-order valence-electron chi connectivity index (χ3n) is 4.49. The molecule has 0 saturated carbocycles. The van der Waals surface area contributed by atoms with Crippen molar-refractivity contribution in [2.24, 2.45) is 0 Å². The zero-order valence-corrected chi connectivity index (χ0v) is 15.6. The molecule has 1 aromatic heterocycles. The van der Waals surface area contributed by atoms with Gasteiger partial charge in [-0.05, 0) is 48.0 Å². The second-order valence-corrected chi connectivity index (χ2v) is 6.77. The number of anilines is 1. The Bertz CT molecular complexity index is 1150. The van der Waals surface area contributed by atoms with E-state index in [-0.39, 0.29) is 23.4 Å². The molecular formula is C21H13ClFN3O3. The van der Waals surface area contributed by atoms with Crippen LogP contribution in [0.25, 0.3) is 0 Å². The summed E-state index contributed by atoms with van der Waals surface area (Å²) in [6.45, 7) is -0.176. The molecule has 0 unspecified atom stereocenters. The maximum atomic E-state index is 14.0. The van der Waals surface area contributed by atoms with E-state index in [2.05, 4.69) is 10.3 Å². The summed E-state index contributed by atoms with van der Waals surface area (Å²) in [5.74, 6) is -2.54. The van der Waals surface area contributed by atoms with Crippen LogP contribution >= 0.6 is 11.6 Å². The van der Waals surface area contributed by atoms with Gasteiger partial charge in [0.1, 0.15) is 11.5 Å². The number of rotatable bonds is 4. The fourth-order valence-corrected chi connectivity index (χ4v) is 3.30. The Balaban J connectivity index is 1.64. The Kier molecular flexibility index (Phi) is 4.82. The Morgan fingerprint density at radius 1 is 1.07 bits per heavy atom. The summed E-state index contributed by atoms with van der Waals surface area (Å²) >= 11 is 6.07. The summed E-state index contributed by atoms with van der Waals surface area (Å²) in [5, 5.41) is 3.07. The minimum atomic E-state index is -0.752. The van der Waals surface area contributed by atoms with Gasteiger partial charge in [0.2, 0.25) is 0 Å². The topological polar surface area (TPSA) is 79.4 Å². The van der Waals surface area contributed by atoms with Crippen LogP contribution in [0.15, 0.2) is 60.8 Å². The molecule has 1 aliphatic heterocycles. The lowest BCUT2D eigenvalue weighted by atomic mass is 10.1. The van der Waals surface area contributed by atoms with Crippen LogP contribution in [-0.4, -0.2) is 27.6 Å². The standard InChI is InChI=1S/C21H13ClFN3O3/c22-13-7-8-16(25-19(27)17-6-1-2-9-24-17)12(10-13)11-26-20(28)14-4-3-5-15(23)18(14)21(26)29/h1-10H,11H2,(H,25,27). The number of halogens is 2. The number of carbonyl (C=O) groups excluding carboxylic acids is 3. The van der Waals surface area contributed by atoms with Gasteiger partial charge < -0.3 is 5.32 Å². The van der Waals surface area contributed by atoms with Gasteiger partial charge in [-0.25, -0.2) is 4.39 Å². The molecule has 8 heteroatoms. The van der Waals surface area contributed by atoms with Gasteiger partial charge in [0.15, 0.2) is 0 Å². The Morgan fingerprint density at radius 2 is 1.90 bits per heavy atom. The molecule has 3 amide bonds. The fourth-order valence-electron chi connectivity index (χ4n) is 3.10. The van der Waals surface area contributed by atoms with E-state index in [9.17, 15) is 18.8 Å². The number of pyridine rings is 1. The van der Waals surface area contributed by atoms with E-state index in [1.807, 2.05) is 0 Å². The summed E-state index contributed by atoms with van der Waals surface area (Å²) in [4.78, 5) is 42.6. The van der Waals surface area contributed by atoms with Gasteiger partial charge in [-0.1, -0.05) is 23.7 Å². The third-order valence-corrected chi connectivity index (χ3v) is 4.72. The van der Waals surface area contributed by atoms with Crippen LogP contribution < -0.4 is 5.32 Å². The second-order valence-electron chi connectivity index (χ2n) is 6.33. The highest BCUT2D eigenvalue weighted by Gasteiger charge is 2.38. The molecule has 2 aromatic carbocycles. The summed E-state index contributed by atoms with van der Waals surface area (Å²) in [6, 6.07) is 13.5. The van der Waals surface area contributed by atoms with Gasteiger partial charge in [0.25, 0.3) is 17.7 Å². The monoisotopic (exact) mass is 409 g/mol. The molecule has 0 atom stereocenters. The van der Waals surface area contributed by atoms with E-state index >= 15 is 0 Å². The zero-order valence-electron chi connectivity index (χ0n) is 14.9. The van der Waals surface area contributed by atoms with Crippen molar-refractivity contribution in [3.63, 3.8) is 0 Å². The molecule has 0 saturated heterocycles. The van der Waals surface area contributed by atoms with Crippen LogP contribution in [0.5, 0.6) is 0 Å². The summed E-state index contributed by atoms with van der Waals surface area (Å²) < 4.78 is 14.0. The molecule has 0 spiro atoms. The van der Waals surface area contributed by atoms with Crippen LogP contribution in [0.2, 0.25) is 5.02 Å². The van der Waals surface area contributed by atoms with Crippen molar-refractivity contribution in [2.45, 2.75) is 6.54 Å². The first-order chi connectivity index (χ1) is 14.0. The number of hydrogen-bond donors (Lipinski definition) is 1. The molecular weight excluding hydrogens is 397 g/mol. The number of carbonyl (C=O) groups is 3. The van der Waals surface area contributed by atoms with Crippen molar-refractivity contribution < 1.29 is 18.8 Å². The number of nitrogens with one attached hydrogen (secondary N) is 1. The summed E-state index contributed by atoms with van der Waals surface area (Å²) in [7, 11) is 0. The number of benzene rings is 2. The van der Waals surface area contributed by atoms with E-state index in [4.69, 9.17) is 11.6 Å². The van der Waals surface area contributed by atoms with Crippen LogP contribution in [0.4, 0.5) is 10.1 Å². The molecule has 0 aliphatic carbocycles. The highest BCUT2D eigenvalue weighted by atomic mass is 35.5. The third kappa shape index (κ3) is 3.48. The Morgan fingerprint density at radius 3 is 2.62 bits per heavy atom. The normalized spacial score (nSPS) is 12.8. The molecule has 29 heavy (non-hydrogen) atoms. The van der Waals surface area contributed by atoms with Crippen LogP contribution in [0.3, 0.4) is 0 Å². The zero-order chi connectivity index (χ0) is 20.5. The first-order valence-corrected chi connectivity index (χ1v) is 8.99. The van der Waals surface area contributed by atoms with Gasteiger partial charge in [-0.2, -0.15) is 0 Å². The summed E-state index contributed by atoms with van der Waals surface area (Å²) in [5.41, 5.74) is 0.754. The van der Waals surface area contributed by atoms with E-state index in [1.54, 1.807) is 30.3 Å². The maximum absolute atomic E-state index is 14.0. The smallest absolute Gasteiger partial charge is 0.274 e. The number of imide groups is 1. The van der Waals surface area contributed by atoms with Crippen LogP contribution in [-0.2, 0) is 6.54 Å². The predicted octanol–water partition coefficient (Wildman–Crippen LogP) is 3.92. The first-order valence-electron chi connectivity index (χ1n) is 8.61. The highest BCUT2D eigenvalue weighted by Crippen LogP contribution is 2.29. The lowest BCUT2D eigenvalue weighted by Gasteiger charge is -2.17. The summed E-state index contributed by atoms with van der Waals surface area (Å²) in [6.07, 6.45) is 1.49. The average Bonchev–Trinajstić information content (AvgIpc) is 2.96. The predicted molar refractivity (Wildman–Crippen MR) is 104 cm³/mol. The maximum Gasteiger partial charge on any atom is 0.274 e. The fraction of sp³-hybridized carbons (Fsp3) is 0.0476. The quantitative estimate of drug-likeness (QED) is 0.662. The van der Waals surface area contributed by atoms with Crippen LogP contribution in [0.1, 0.15) is 36.8 Å². The van der Waals surface area contributed by atoms with Crippen molar-refractivity contribution in [1.29, 1.82) is 0 Å². The lowest BCUT2D eigenvalue weighted by molar-refractivity contribution is 0.0641. The van der Waals surface area contributed by atoms with Gasteiger partial charge in [-0.15, -0.1) is 0 Å². The first kappa shape index (κ1) is 18.8. The highest BCUT2D eigenvalue weighted by molar-refractivity contribution is 6.30. The van der Waals surface area contributed by atoms with Crippen molar-refractivity contribution in [2.75, 3.05) is 5.32 Å². The molecule has 2 heterocycles. The van der Waals surface area contributed by atoms with Crippen molar-refractivity contribution in [1.82, 2.24) is 9.88 Å². The number of nitrogens with zero attached hydrogens (tertiary/aromatic N) is 2. The SMILES string of the molecule is O=C(Nc1ccc(Cl)cc1CN1C(=O)c2cccc(F)c2C1=O)c1ccccn1. The molecule has 1 N–H and O–H groups in total. The van der Waals surface area contributed by atoms with E-state index in [1.165, 1.54) is 24.4 Å². The van der Waals surface area contributed by atoms with Crippen molar-refractivity contribution >= 4 is 35.0 Å². The number of amides is 3. The molecule has 0 fully saturated rings. The number of fused-ring (bicyclic) bond motifs is 1. The minimum Gasteiger partial charge on any atom is -0.320 e.